The summed E-state index contributed by atoms with van der Waals surface area (Å²) in [6.45, 7) is 0.770. The van der Waals surface area contributed by atoms with Crippen LogP contribution in [0.1, 0.15) is 6.92 Å². The monoisotopic (exact) mass is 126 g/mol. The van der Waals surface area contributed by atoms with Crippen molar-refractivity contribution >= 4 is 11.6 Å². The third-order valence-corrected chi connectivity index (χ3v) is 0.482. The van der Waals surface area contributed by atoms with Crippen LogP contribution in [0.2, 0.25) is 0 Å². The molecule has 0 fully saturated rings. The molecule has 0 heterocycles. The first-order chi connectivity index (χ1) is 3.06. The van der Waals surface area contributed by atoms with Crippen molar-refractivity contribution in [3.8, 4) is 0 Å². The lowest BCUT2D eigenvalue weighted by atomic mass is 10.4. The molecule has 0 saturated carbocycles. The zero-order chi connectivity index (χ0) is 5.91. The van der Waals surface area contributed by atoms with Gasteiger partial charge in [-0.15, -0.1) is 0 Å². The number of rotatable bonds is 1. The Morgan fingerprint density at radius 2 is 2.00 bits per heavy atom. The lowest BCUT2D eigenvalue weighted by Gasteiger charge is -1.98. The van der Waals surface area contributed by atoms with Gasteiger partial charge in [-0.25, -0.2) is 8.78 Å². The second-order valence-electron chi connectivity index (χ2n) is 1.25. The van der Waals surface area contributed by atoms with Crippen molar-refractivity contribution in [3.63, 3.8) is 0 Å². The fourth-order valence-electron chi connectivity index (χ4n) is 0.111. The molecule has 42 valence electrons. The molecular weight excluding hydrogens is 121 g/mol. The van der Waals surface area contributed by atoms with E-state index in [9.17, 15) is 8.78 Å². The highest BCUT2D eigenvalue weighted by atomic mass is 35.5. The number of allylic oxidation sites excluding steroid dienone is 1. The molecule has 0 rings (SSSR count). The van der Waals surface area contributed by atoms with Gasteiger partial charge in [-0.1, -0.05) is 11.6 Å². The van der Waals surface area contributed by atoms with E-state index in [2.05, 4.69) is 0 Å². The van der Waals surface area contributed by atoms with Crippen LogP contribution in [0.4, 0.5) is 8.78 Å². The maximum atomic E-state index is 11.6. The normalized spacial score (nSPS) is 13.1. The highest BCUT2D eigenvalue weighted by Gasteiger charge is 2.14. The number of halogens is 3. The highest BCUT2D eigenvalue weighted by molar-refractivity contribution is 6.25. The molecular formula is C4H5ClF2. The Labute approximate surface area is 45.8 Å². The van der Waals surface area contributed by atoms with Gasteiger partial charge in [0.05, 0.1) is 0 Å². The molecule has 0 N–H and O–H groups in total. The van der Waals surface area contributed by atoms with Gasteiger partial charge in [-0.2, -0.15) is 0 Å². The largest absolute Gasteiger partial charge is 0.264 e. The van der Waals surface area contributed by atoms with Gasteiger partial charge < -0.3 is 0 Å². The van der Waals surface area contributed by atoms with Crippen molar-refractivity contribution in [2.45, 2.75) is 12.8 Å². The molecule has 0 aromatic heterocycles. The van der Waals surface area contributed by atoms with Crippen LogP contribution in [-0.2, 0) is 0 Å². The molecule has 0 unspecified atom stereocenters. The van der Waals surface area contributed by atoms with Crippen LogP contribution in [0.3, 0.4) is 0 Å². The van der Waals surface area contributed by atoms with Crippen LogP contribution in [-0.4, -0.2) is 5.92 Å². The zero-order valence-electron chi connectivity index (χ0n) is 3.79. The summed E-state index contributed by atoms with van der Waals surface area (Å²) in [7, 11) is 0. The molecule has 0 spiro atoms. The van der Waals surface area contributed by atoms with Gasteiger partial charge in [0.1, 0.15) is 0 Å². The van der Waals surface area contributed by atoms with Crippen LogP contribution in [0, 0.1) is 0 Å². The zero-order valence-corrected chi connectivity index (χ0v) is 4.54. The van der Waals surface area contributed by atoms with Crippen molar-refractivity contribution in [2.24, 2.45) is 0 Å². The number of alkyl halides is 2. The fraction of sp³-hybridized carbons (Fsp3) is 0.500. The minimum absolute atomic E-state index is 0.620. The van der Waals surface area contributed by atoms with Gasteiger partial charge in [-0.3, -0.25) is 0 Å². The van der Waals surface area contributed by atoms with Crippen molar-refractivity contribution < 1.29 is 8.78 Å². The van der Waals surface area contributed by atoms with Crippen LogP contribution in [0.25, 0.3) is 0 Å². The van der Waals surface area contributed by atoms with Crippen molar-refractivity contribution in [1.82, 2.24) is 0 Å². The van der Waals surface area contributed by atoms with Crippen LogP contribution >= 0.6 is 11.6 Å². The van der Waals surface area contributed by atoms with E-state index < -0.39 is 5.92 Å². The minimum Gasteiger partial charge on any atom is -0.202 e. The molecule has 0 aromatic rings. The SMILES string of the molecule is CC(F)(F)/C=C/Cl. The number of hydrogen-bond donors (Lipinski definition) is 0. The van der Waals surface area contributed by atoms with Gasteiger partial charge in [0.2, 0.25) is 0 Å². The van der Waals surface area contributed by atoms with Crippen LogP contribution in [0.5, 0.6) is 0 Å². The van der Waals surface area contributed by atoms with Crippen LogP contribution < -0.4 is 0 Å². The molecule has 0 aromatic carbocycles. The predicted molar refractivity (Wildman–Crippen MR) is 25.6 cm³/mol. The van der Waals surface area contributed by atoms with Crippen molar-refractivity contribution in [3.05, 3.63) is 11.6 Å². The van der Waals surface area contributed by atoms with E-state index in [4.69, 9.17) is 11.6 Å². The predicted octanol–water partition coefficient (Wildman–Crippen LogP) is 2.39. The summed E-state index contributed by atoms with van der Waals surface area (Å²) in [5.74, 6) is -2.76. The lowest BCUT2D eigenvalue weighted by Crippen LogP contribution is -2.02. The quantitative estimate of drug-likeness (QED) is 0.506. The number of hydrogen-bond acceptors (Lipinski definition) is 0. The van der Waals surface area contributed by atoms with E-state index in [0.29, 0.717) is 6.08 Å². The highest BCUT2D eigenvalue weighted by Crippen LogP contribution is 2.12. The van der Waals surface area contributed by atoms with E-state index in [-0.39, 0.29) is 0 Å². The topological polar surface area (TPSA) is 0 Å². The first-order valence-electron chi connectivity index (χ1n) is 1.72. The molecule has 3 heteroatoms. The Morgan fingerprint density at radius 3 is 2.00 bits per heavy atom. The Kier molecular flexibility index (Phi) is 2.23. The summed E-state index contributed by atoms with van der Waals surface area (Å²) in [6, 6.07) is 0. The molecule has 0 saturated heterocycles. The van der Waals surface area contributed by atoms with Gasteiger partial charge in [-0.05, 0) is 6.08 Å². The molecule has 7 heavy (non-hydrogen) atoms. The third-order valence-electron chi connectivity index (χ3n) is 0.356. The van der Waals surface area contributed by atoms with E-state index in [1.807, 2.05) is 0 Å². The molecule has 0 bridgehead atoms. The molecule has 0 radical (unpaired) electrons. The van der Waals surface area contributed by atoms with E-state index >= 15 is 0 Å². The molecule has 0 aliphatic rings. The average Bonchev–Trinajstić information content (AvgIpc) is 1.30. The van der Waals surface area contributed by atoms with Crippen molar-refractivity contribution in [1.29, 1.82) is 0 Å². The third kappa shape index (κ3) is 5.89. The first kappa shape index (κ1) is 6.89. The maximum absolute atomic E-state index is 11.6. The molecule has 0 amide bonds. The Bertz CT molecular complexity index is 72.2. The molecule has 0 aliphatic carbocycles. The molecule has 0 atom stereocenters. The second-order valence-corrected chi connectivity index (χ2v) is 1.50. The molecule has 0 nitrogen and oxygen atoms in total. The second kappa shape index (κ2) is 2.26. The van der Waals surface area contributed by atoms with Crippen LogP contribution in [0.15, 0.2) is 11.6 Å². The summed E-state index contributed by atoms with van der Waals surface area (Å²) in [5.41, 5.74) is 0.806. The van der Waals surface area contributed by atoms with E-state index in [1.54, 1.807) is 0 Å². The summed E-state index contributed by atoms with van der Waals surface area (Å²) in [4.78, 5) is 0. The summed E-state index contributed by atoms with van der Waals surface area (Å²) >= 11 is 4.83. The fourth-order valence-corrected chi connectivity index (χ4v) is 0.332. The van der Waals surface area contributed by atoms with Crippen molar-refractivity contribution in [2.75, 3.05) is 0 Å². The Balaban J connectivity index is 3.56. The van der Waals surface area contributed by atoms with E-state index in [0.717, 1.165) is 12.5 Å². The van der Waals surface area contributed by atoms with Gasteiger partial charge >= 0.3 is 0 Å². The summed E-state index contributed by atoms with van der Waals surface area (Å²) in [5, 5.41) is 0. The first-order valence-corrected chi connectivity index (χ1v) is 2.15. The van der Waals surface area contributed by atoms with Gasteiger partial charge in [0.15, 0.2) is 0 Å². The van der Waals surface area contributed by atoms with Gasteiger partial charge in [0.25, 0.3) is 5.92 Å². The lowest BCUT2D eigenvalue weighted by molar-refractivity contribution is 0.0777. The van der Waals surface area contributed by atoms with E-state index in [1.165, 1.54) is 0 Å². The smallest absolute Gasteiger partial charge is 0.202 e. The average molecular weight is 127 g/mol. The molecule has 0 aliphatic heterocycles. The Hall–Kier alpha value is -0.110. The summed E-state index contributed by atoms with van der Waals surface area (Å²) < 4.78 is 23.1. The standard InChI is InChI=1S/C4H5ClF2/c1-4(6,7)2-3-5/h2-3H,1H3/b3-2+. The Morgan fingerprint density at radius 1 is 1.57 bits per heavy atom. The minimum atomic E-state index is -2.76. The summed E-state index contributed by atoms with van der Waals surface area (Å²) in [6.07, 6.45) is 0.620. The van der Waals surface area contributed by atoms with Gasteiger partial charge in [0, 0.05) is 12.5 Å². The maximum Gasteiger partial charge on any atom is 0.264 e.